The average Bonchev–Trinajstić information content (AvgIpc) is 3.24. The highest BCUT2D eigenvalue weighted by molar-refractivity contribution is 5.69. The summed E-state index contributed by atoms with van der Waals surface area (Å²) < 4.78 is 82.6. The minimum absolute atomic E-state index is 0.0913. The molecule has 0 saturated heterocycles. The third-order valence-corrected chi connectivity index (χ3v) is 5.15. The van der Waals surface area contributed by atoms with Crippen LogP contribution in [0.3, 0.4) is 0 Å². The topological polar surface area (TPSA) is 21.3 Å². The van der Waals surface area contributed by atoms with Gasteiger partial charge in [0.05, 0.1) is 5.56 Å². The average molecular weight is 449 g/mol. The summed E-state index contributed by atoms with van der Waals surface area (Å²) in [6, 6.07) is 16.4. The normalized spacial score (nSPS) is 16.1. The maximum Gasteiger partial charge on any atom is 0.461 e. The summed E-state index contributed by atoms with van der Waals surface area (Å²) in [5.74, 6) is -1.74. The Morgan fingerprint density at radius 2 is 1.41 bits per heavy atom. The number of benzene rings is 3. The van der Waals surface area contributed by atoms with Crippen LogP contribution in [-0.2, 0) is 0 Å². The Balaban J connectivity index is 1.49. The summed E-state index contributed by atoms with van der Waals surface area (Å²) in [5, 5.41) is 3.03. The van der Waals surface area contributed by atoms with Crippen LogP contribution in [0.15, 0.2) is 72.8 Å². The molecule has 0 aliphatic carbocycles. The lowest BCUT2D eigenvalue weighted by molar-refractivity contribution is -0.253. The van der Waals surface area contributed by atoms with Gasteiger partial charge < -0.3 is 10.1 Å². The van der Waals surface area contributed by atoms with E-state index in [4.69, 9.17) is 0 Å². The Morgan fingerprint density at radius 3 is 1.97 bits per heavy atom. The van der Waals surface area contributed by atoms with E-state index in [9.17, 15) is 26.3 Å². The number of hydrogen-bond donors (Lipinski definition) is 1. The molecule has 166 valence electrons. The first-order valence-electron chi connectivity index (χ1n) is 9.70. The Kier molecular flexibility index (Phi) is 5.86. The Labute approximate surface area is 180 Å². The fourth-order valence-corrected chi connectivity index (χ4v) is 3.52. The standard InChI is InChI=1S/C24H17F6NO/c25-19-2-1-3-20(26)22(19)21-12-17(13-31-21)16-6-4-14(5-7-16)15-8-10-18(11-9-15)32-24(29,30)23(27)28/h1-12,17,23,31H,13H2. The van der Waals surface area contributed by atoms with Crippen molar-refractivity contribution in [2.45, 2.75) is 18.5 Å². The predicted molar refractivity (Wildman–Crippen MR) is 109 cm³/mol. The van der Waals surface area contributed by atoms with E-state index in [-0.39, 0.29) is 17.2 Å². The van der Waals surface area contributed by atoms with Gasteiger partial charge in [-0.15, -0.1) is 0 Å². The van der Waals surface area contributed by atoms with Gasteiger partial charge in [0.25, 0.3) is 0 Å². The van der Waals surface area contributed by atoms with Crippen molar-refractivity contribution >= 4 is 5.70 Å². The number of ether oxygens (including phenoxy) is 1. The van der Waals surface area contributed by atoms with Crippen molar-refractivity contribution < 1.29 is 31.1 Å². The second kappa shape index (κ2) is 8.61. The van der Waals surface area contributed by atoms with Crippen molar-refractivity contribution in [1.82, 2.24) is 5.32 Å². The third kappa shape index (κ3) is 4.44. The highest BCUT2D eigenvalue weighted by atomic mass is 19.3. The maximum atomic E-state index is 14.0. The first-order chi connectivity index (χ1) is 15.2. The summed E-state index contributed by atoms with van der Waals surface area (Å²) in [6.07, 6.45) is -6.72. The number of halogens is 6. The molecule has 1 atom stereocenters. The molecular formula is C24H17F6NO. The van der Waals surface area contributed by atoms with E-state index in [0.29, 0.717) is 17.8 Å². The quantitative estimate of drug-likeness (QED) is 0.429. The van der Waals surface area contributed by atoms with Crippen LogP contribution in [0.2, 0.25) is 0 Å². The Hall–Kier alpha value is -3.42. The van der Waals surface area contributed by atoms with Crippen LogP contribution in [0.1, 0.15) is 17.0 Å². The van der Waals surface area contributed by atoms with E-state index in [0.717, 1.165) is 11.1 Å². The molecule has 0 saturated carbocycles. The van der Waals surface area contributed by atoms with E-state index < -0.39 is 24.2 Å². The van der Waals surface area contributed by atoms with E-state index in [1.54, 1.807) is 6.08 Å². The van der Waals surface area contributed by atoms with Gasteiger partial charge >= 0.3 is 12.5 Å². The van der Waals surface area contributed by atoms with Crippen molar-refractivity contribution in [2.75, 3.05) is 6.54 Å². The molecule has 1 heterocycles. The van der Waals surface area contributed by atoms with Crippen LogP contribution >= 0.6 is 0 Å². The van der Waals surface area contributed by atoms with Gasteiger partial charge in [-0.2, -0.15) is 17.6 Å². The van der Waals surface area contributed by atoms with Crippen molar-refractivity contribution in [3.05, 3.63) is 95.6 Å². The van der Waals surface area contributed by atoms with Crippen LogP contribution in [-0.4, -0.2) is 19.1 Å². The van der Waals surface area contributed by atoms with Crippen molar-refractivity contribution in [2.24, 2.45) is 0 Å². The molecule has 1 N–H and O–H groups in total. The van der Waals surface area contributed by atoms with Gasteiger partial charge in [-0.05, 0) is 41.0 Å². The smallest absolute Gasteiger partial charge is 0.428 e. The number of rotatable bonds is 6. The zero-order chi connectivity index (χ0) is 22.9. The second-order valence-electron chi connectivity index (χ2n) is 7.28. The Morgan fingerprint density at radius 1 is 0.844 bits per heavy atom. The minimum Gasteiger partial charge on any atom is -0.428 e. The van der Waals surface area contributed by atoms with Crippen LogP contribution in [0, 0.1) is 11.6 Å². The molecule has 4 rings (SSSR count). The fraction of sp³-hybridized carbons (Fsp3) is 0.167. The molecule has 32 heavy (non-hydrogen) atoms. The molecule has 0 spiro atoms. The van der Waals surface area contributed by atoms with Gasteiger partial charge in [0, 0.05) is 18.2 Å². The number of nitrogens with one attached hydrogen (secondary N) is 1. The molecule has 1 aliphatic rings. The molecule has 0 radical (unpaired) electrons. The lowest BCUT2D eigenvalue weighted by Gasteiger charge is -2.17. The summed E-state index contributed by atoms with van der Waals surface area (Å²) in [4.78, 5) is 0. The van der Waals surface area contributed by atoms with Gasteiger partial charge in [-0.25, -0.2) is 8.78 Å². The molecule has 0 fully saturated rings. The first kappa shape index (κ1) is 21.8. The summed E-state index contributed by atoms with van der Waals surface area (Å²) >= 11 is 0. The zero-order valence-corrected chi connectivity index (χ0v) is 16.5. The van der Waals surface area contributed by atoms with E-state index in [1.807, 2.05) is 24.3 Å². The summed E-state index contributed by atoms with van der Waals surface area (Å²) in [6.45, 7) is 0.479. The zero-order valence-electron chi connectivity index (χ0n) is 16.5. The van der Waals surface area contributed by atoms with Gasteiger partial charge in [-0.1, -0.05) is 48.5 Å². The number of alkyl halides is 4. The molecule has 0 bridgehead atoms. The lowest BCUT2D eigenvalue weighted by Crippen LogP contribution is -2.33. The highest BCUT2D eigenvalue weighted by Gasteiger charge is 2.43. The lowest BCUT2D eigenvalue weighted by atomic mass is 9.96. The van der Waals surface area contributed by atoms with Gasteiger partial charge in [-0.3, -0.25) is 0 Å². The largest absolute Gasteiger partial charge is 0.461 e. The van der Waals surface area contributed by atoms with E-state index in [1.165, 1.54) is 42.5 Å². The number of hydrogen-bond acceptors (Lipinski definition) is 2. The van der Waals surface area contributed by atoms with Crippen LogP contribution in [0.4, 0.5) is 26.3 Å². The molecule has 3 aromatic carbocycles. The molecular weight excluding hydrogens is 432 g/mol. The van der Waals surface area contributed by atoms with Crippen LogP contribution in [0.25, 0.3) is 16.8 Å². The first-order valence-corrected chi connectivity index (χ1v) is 9.70. The van der Waals surface area contributed by atoms with Gasteiger partial charge in [0.1, 0.15) is 17.4 Å². The van der Waals surface area contributed by atoms with Crippen LogP contribution < -0.4 is 10.1 Å². The molecule has 1 unspecified atom stereocenters. The van der Waals surface area contributed by atoms with Gasteiger partial charge in [0.2, 0.25) is 0 Å². The van der Waals surface area contributed by atoms with E-state index in [2.05, 4.69) is 10.1 Å². The summed E-state index contributed by atoms with van der Waals surface area (Å²) in [5.41, 5.74) is 2.68. The SMILES string of the molecule is Fc1cccc(F)c1C1=CC(c2ccc(-c3ccc(OC(F)(F)C(F)F)cc3)cc2)CN1. The molecule has 0 amide bonds. The second-order valence-corrected chi connectivity index (χ2v) is 7.28. The van der Waals surface area contributed by atoms with Gasteiger partial charge in [0.15, 0.2) is 0 Å². The fourth-order valence-electron chi connectivity index (χ4n) is 3.52. The highest BCUT2D eigenvalue weighted by Crippen LogP contribution is 2.32. The minimum atomic E-state index is -4.56. The maximum absolute atomic E-state index is 14.0. The van der Waals surface area contributed by atoms with Crippen molar-refractivity contribution in [3.63, 3.8) is 0 Å². The predicted octanol–water partition coefficient (Wildman–Crippen LogP) is 6.60. The van der Waals surface area contributed by atoms with E-state index >= 15 is 0 Å². The third-order valence-electron chi connectivity index (χ3n) is 5.15. The molecule has 0 aromatic heterocycles. The summed E-state index contributed by atoms with van der Waals surface area (Å²) in [7, 11) is 0. The Bertz CT molecular complexity index is 1110. The monoisotopic (exact) mass is 449 g/mol. The van der Waals surface area contributed by atoms with Crippen LogP contribution in [0.5, 0.6) is 5.75 Å². The molecule has 8 heteroatoms. The molecule has 1 aliphatic heterocycles. The van der Waals surface area contributed by atoms with Crippen molar-refractivity contribution in [3.8, 4) is 16.9 Å². The molecule has 2 nitrogen and oxygen atoms in total. The van der Waals surface area contributed by atoms with Crippen molar-refractivity contribution in [1.29, 1.82) is 0 Å². The molecule has 3 aromatic rings.